The minimum atomic E-state index is -0.398. The first-order valence-corrected chi connectivity index (χ1v) is 5.29. The summed E-state index contributed by atoms with van der Waals surface area (Å²) < 4.78 is 5.62. The number of hydrogen-bond donors (Lipinski definition) is 1. The number of nitro benzene ring substituents is 1. The minimum absolute atomic E-state index is 0.0430. The van der Waals surface area contributed by atoms with Gasteiger partial charge in [0.25, 0.3) is 0 Å². The molecule has 0 bridgehead atoms. The predicted molar refractivity (Wildman–Crippen MR) is 59.7 cm³/mol. The van der Waals surface area contributed by atoms with E-state index in [-0.39, 0.29) is 11.8 Å². The van der Waals surface area contributed by atoms with E-state index in [0.717, 1.165) is 25.1 Å². The third kappa shape index (κ3) is 2.30. The van der Waals surface area contributed by atoms with E-state index in [2.05, 4.69) is 5.32 Å². The highest BCUT2D eigenvalue weighted by Gasteiger charge is 2.21. The fourth-order valence-corrected chi connectivity index (χ4v) is 1.78. The van der Waals surface area contributed by atoms with E-state index in [9.17, 15) is 10.1 Å². The second kappa shape index (κ2) is 4.49. The van der Waals surface area contributed by atoms with Crippen molar-refractivity contribution in [3.63, 3.8) is 0 Å². The van der Waals surface area contributed by atoms with Gasteiger partial charge in [-0.15, -0.1) is 0 Å². The van der Waals surface area contributed by atoms with Gasteiger partial charge in [-0.25, -0.2) is 0 Å². The van der Waals surface area contributed by atoms with Gasteiger partial charge >= 0.3 is 5.69 Å². The van der Waals surface area contributed by atoms with Crippen LogP contribution < -0.4 is 10.1 Å². The van der Waals surface area contributed by atoms with Crippen molar-refractivity contribution >= 4 is 5.69 Å². The second-order valence-corrected chi connectivity index (χ2v) is 3.96. The van der Waals surface area contributed by atoms with Crippen molar-refractivity contribution in [2.75, 3.05) is 13.1 Å². The molecular formula is C11H14N2O3. The summed E-state index contributed by atoms with van der Waals surface area (Å²) in [4.78, 5) is 10.5. The van der Waals surface area contributed by atoms with E-state index >= 15 is 0 Å². The summed E-state index contributed by atoms with van der Waals surface area (Å²) in [5, 5.41) is 14.0. The average molecular weight is 222 g/mol. The summed E-state index contributed by atoms with van der Waals surface area (Å²) in [5.41, 5.74) is 0.912. The Labute approximate surface area is 93.6 Å². The fourth-order valence-electron chi connectivity index (χ4n) is 1.78. The molecule has 16 heavy (non-hydrogen) atoms. The number of benzene rings is 1. The molecule has 86 valence electrons. The van der Waals surface area contributed by atoms with Crippen LogP contribution in [0.25, 0.3) is 0 Å². The Balaban J connectivity index is 2.21. The van der Waals surface area contributed by atoms with Crippen LogP contribution in [-0.2, 0) is 0 Å². The summed E-state index contributed by atoms with van der Waals surface area (Å²) in [6.45, 7) is 3.49. The fraction of sp³-hybridized carbons (Fsp3) is 0.455. The van der Waals surface area contributed by atoms with Crippen LogP contribution in [-0.4, -0.2) is 24.1 Å². The molecule has 0 unspecified atom stereocenters. The Morgan fingerprint density at radius 1 is 1.56 bits per heavy atom. The van der Waals surface area contributed by atoms with Gasteiger partial charge in [0.15, 0.2) is 5.75 Å². The van der Waals surface area contributed by atoms with Gasteiger partial charge in [0, 0.05) is 12.6 Å². The molecule has 0 amide bonds. The highest BCUT2D eigenvalue weighted by Crippen LogP contribution is 2.29. The molecule has 0 aliphatic carbocycles. The van der Waals surface area contributed by atoms with Gasteiger partial charge in [0.2, 0.25) is 0 Å². The molecule has 0 radical (unpaired) electrons. The number of aryl methyl sites for hydroxylation is 1. The van der Waals surface area contributed by atoms with E-state index in [1.807, 2.05) is 13.0 Å². The summed E-state index contributed by atoms with van der Waals surface area (Å²) in [5.74, 6) is 0.365. The first-order valence-electron chi connectivity index (χ1n) is 5.29. The molecule has 5 heteroatoms. The molecule has 0 aromatic heterocycles. The Kier molecular flexibility index (Phi) is 3.05. The van der Waals surface area contributed by atoms with Crippen molar-refractivity contribution in [2.24, 2.45) is 0 Å². The topological polar surface area (TPSA) is 64.4 Å². The van der Waals surface area contributed by atoms with Crippen LogP contribution in [0.2, 0.25) is 0 Å². The normalized spacial score (nSPS) is 19.7. The van der Waals surface area contributed by atoms with Crippen molar-refractivity contribution in [2.45, 2.75) is 19.4 Å². The molecule has 5 nitrogen and oxygen atoms in total. The Hall–Kier alpha value is -1.62. The number of rotatable bonds is 3. The van der Waals surface area contributed by atoms with E-state index in [4.69, 9.17) is 4.74 Å². The lowest BCUT2D eigenvalue weighted by atomic mass is 10.2. The number of ether oxygens (including phenoxy) is 1. The molecular weight excluding hydrogens is 208 g/mol. The maximum atomic E-state index is 10.9. The van der Waals surface area contributed by atoms with Gasteiger partial charge in [-0.1, -0.05) is 6.07 Å². The maximum Gasteiger partial charge on any atom is 0.311 e. The predicted octanol–water partition coefficient (Wildman–Crippen LogP) is 1.64. The van der Waals surface area contributed by atoms with Crippen LogP contribution in [0, 0.1) is 17.0 Å². The lowest BCUT2D eigenvalue weighted by Crippen LogP contribution is -2.20. The second-order valence-electron chi connectivity index (χ2n) is 3.96. The van der Waals surface area contributed by atoms with Crippen LogP contribution in [0.15, 0.2) is 18.2 Å². The first kappa shape index (κ1) is 10.9. The molecule has 1 aromatic rings. The summed E-state index contributed by atoms with van der Waals surface area (Å²) in [6, 6.07) is 5.04. The smallest absolute Gasteiger partial charge is 0.311 e. The van der Waals surface area contributed by atoms with Gasteiger partial charge in [-0.05, 0) is 31.5 Å². The third-order valence-corrected chi connectivity index (χ3v) is 2.62. The van der Waals surface area contributed by atoms with Gasteiger partial charge in [0.1, 0.15) is 6.10 Å². The average Bonchev–Trinajstić information content (AvgIpc) is 2.73. The van der Waals surface area contributed by atoms with Crippen LogP contribution in [0.1, 0.15) is 12.0 Å². The lowest BCUT2D eigenvalue weighted by molar-refractivity contribution is -0.386. The van der Waals surface area contributed by atoms with Gasteiger partial charge in [-0.2, -0.15) is 0 Å². The highest BCUT2D eigenvalue weighted by atomic mass is 16.6. The Morgan fingerprint density at radius 2 is 2.38 bits per heavy atom. The molecule has 1 aliphatic heterocycles. The van der Waals surface area contributed by atoms with Crippen molar-refractivity contribution in [1.29, 1.82) is 0 Å². The molecule has 1 aromatic carbocycles. The number of nitrogens with one attached hydrogen (secondary N) is 1. The van der Waals surface area contributed by atoms with Gasteiger partial charge < -0.3 is 10.1 Å². The summed E-state index contributed by atoms with van der Waals surface area (Å²) in [7, 11) is 0. The molecule has 1 N–H and O–H groups in total. The quantitative estimate of drug-likeness (QED) is 0.623. The molecule has 0 saturated carbocycles. The molecule has 2 rings (SSSR count). The zero-order chi connectivity index (χ0) is 11.5. The van der Waals surface area contributed by atoms with Gasteiger partial charge in [-0.3, -0.25) is 10.1 Å². The van der Waals surface area contributed by atoms with Gasteiger partial charge in [0.05, 0.1) is 4.92 Å². The number of hydrogen-bond acceptors (Lipinski definition) is 4. The van der Waals surface area contributed by atoms with E-state index < -0.39 is 4.92 Å². The number of nitrogens with zero attached hydrogens (tertiary/aromatic N) is 1. The largest absolute Gasteiger partial charge is 0.482 e. The van der Waals surface area contributed by atoms with Crippen molar-refractivity contribution < 1.29 is 9.66 Å². The standard InChI is InChI=1S/C11H14N2O3/c1-8-2-3-11(10(6-8)13(14)15)16-9-4-5-12-7-9/h2-3,6,9,12H,4-5,7H2,1H3/t9-/m0/s1. The van der Waals surface area contributed by atoms with Crippen molar-refractivity contribution in [1.82, 2.24) is 5.32 Å². The Bertz CT molecular complexity index is 400. The van der Waals surface area contributed by atoms with Crippen LogP contribution >= 0.6 is 0 Å². The Morgan fingerprint density at radius 3 is 3.00 bits per heavy atom. The maximum absolute atomic E-state index is 10.9. The van der Waals surface area contributed by atoms with Crippen LogP contribution in [0.4, 0.5) is 5.69 Å². The molecule has 1 fully saturated rings. The van der Waals surface area contributed by atoms with E-state index in [1.165, 1.54) is 6.07 Å². The third-order valence-electron chi connectivity index (χ3n) is 2.62. The molecule has 1 aliphatic rings. The SMILES string of the molecule is Cc1ccc(O[C@H]2CCNC2)c([N+](=O)[O-])c1. The van der Waals surface area contributed by atoms with Crippen LogP contribution in [0.5, 0.6) is 5.75 Å². The van der Waals surface area contributed by atoms with E-state index in [0.29, 0.717) is 5.75 Å². The molecule has 1 heterocycles. The lowest BCUT2D eigenvalue weighted by Gasteiger charge is -2.12. The zero-order valence-corrected chi connectivity index (χ0v) is 9.10. The number of nitro groups is 1. The minimum Gasteiger partial charge on any atom is -0.482 e. The molecule has 1 saturated heterocycles. The first-order chi connectivity index (χ1) is 7.66. The zero-order valence-electron chi connectivity index (χ0n) is 9.10. The van der Waals surface area contributed by atoms with Crippen LogP contribution in [0.3, 0.4) is 0 Å². The van der Waals surface area contributed by atoms with Crippen molar-refractivity contribution in [3.8, 4) is 5.75 Å². The molecule has 1 atom stereocenters. The molecule has 0 spiro atoms. The van der Waals surface area contributed by atoms with Crippen molar-refractivity contribution in [3.05, 3.63) is 33.9 Å². The summed E-state index contributed by atoms with van der Waals surface area (Å²) in [6.07, 6.45) is 0.937. The monoisotopic (exact) mass is 222 g/mol. The summed E-state index contributed by atoms with van der Waals surface area (Å²) >= 11 is 0. The highest BCUT2D eigenvalue weighted by molar-refractivity contribution is 5.48. The van der Waals surface area contributed by atoms with E-state index in [1.54, 1.807) is 6.07 Å².